The summed E-state index contributed by atoms with van der Waals surface area (Å²) in [5, 5.41) is 0. The van der Waals surface area contributed by atoms with Crippen LogP contribution in [0, 0.1) is 0 Å². The highest BCUT2D eigenvalue weighted by atomic mass is 16.5. The lowest BCUT2D eigenvalue weighted by Crippen LogP contribution is -2.37. The molecular formula is C16H20N8O. The summed E-state index contributed by atoms with van der Waals surface area (Å²) in [6.07, 6.45) is 3.52. The first kappa shape index (κ1) is 15.7. The fourth-order valence-corrected chi connectivity index (χ4v) is 2.97. The Morgan fingerprint density at radius 1 is 1.08 bits per heavy atom. The third kappa shape index (κ3) is 2.87. The second kappa shape index (κ2) is 6.61. The molecule has 0 bridgehead atoms. The quantitative estimate of drug-likeness (QED) is 0.674. The first-order valence-electron chi connectivity index (χ1n) is 8.18. The summed E-state index contributed by atoms with van der Waals surface area (Å²) in [5.41, 5.74) is 8.42. The molecule has 2 N–H and O–H groups in total. The summed E-state index contributed by atoms with van der Waals surface area (Å²) in [4.78, 5) is 20.4. The van der Waals surface area contributed by atoms with Gasteiger partial charge in [-0.1, -0.05) is 0 Å². The van der Waals surface area contributed by atoms with E-state index < -0.39 is 0 Å². The molecule has 9 heteroatoms. The summed E-state index contributed by atoms with van der Waals surface area (Å²) in [6.45, 7) is 2.94. The van der Waals surface area contributed by atoms with Crippen LogP contribution in [-0.4, -0.2) is 57.9 Å². The molecule has 0 unspecified atom stereocenters. The van der Waals surface area contributed by atoms with E-state index in [2.05, 4.69) is 30.7 Å². The van der Waals surface area contributed by atoms with E-state index >= 15 is 0 Å². The van der Waals surface area contributed by atoms with Gasteiger partial charge in [0.25, 0.3) is 0 Å². The van der Waals surface area contributed by atoms with E-state index in [0.29, 0.717) is 19.2 Å². The highest BCUT2D eigenvalue weighted by Gasteiger charge is 2.22. The summed E-state index contributed by atoms with van der Waals surface area (Å²) in [6, 6.07) is 3.88. The van der Waals surface area contributed by atoms with E-state index in [9.17, 15) is 0 Å². The molecule has 0 aliphatic carbocycles. The maximum absolute atomic E-state index is 5.46. The number of aromatic nitrogens is 5. The number of hydrogen-bond donors (Lipinski definition) is 2. The highest BCUT2D eigenvalue weighted by Crippen LogP contribution is 2.29. The van der Waals surface area contributed by atoms with Gasteiger partial charge in [-0.3, -0.25) is 10.4 Å². The van der Waals surface area contributed by atoms with Gasteiger partial charge in [0.2, 0.25) is 5.95 Å². The lowest BCUT2D eigenvalue weighted by atomic mass is 10.2. The van der Waals surface area contributed by atoms with Crippen molar-refractivity contribution in [3.05, 3.63) is 24.5 Å². The average Bonchev–Trinajstić information content (AvgIpc) is 3.00. The standard InChI is InChI=1S/C16H20N8O/c1-17-22-16-20-14-12(15(21-16)24-7-9-25-10-8-24)19-13(23(14)2)11-3-5-18-6-4-11/h3-6,17H,7-10H2,1-2H3,(H,20,21,22). The van der Waals surface area contributed by atoms with Gasteiger partial charge in [-0.05, 0) is 12.1 Å². The number of hydrazine groups is 1. The van der Waals surface area contributed by atoms with Crippen molar-refractivity contribution in [2.75, 3.05) is 43.7 Å². The molecule has 4 heterocycles. The van der Waals surface area contributed by atoms with E-state index in [0.717, 1.165) is 41.5 Å². The van der Waals surface area contributed by atoms with Gasteiger partial charge in [-0.2, -0.15) is 9.97 Å². The van der Waals surface area contributed by atoms with Crippen LogP contribution in [-0.2, 0) is 11.8 Å². The summed E-state index contributed by atoms with van der Waals surface area (Å²) < 4.78 is 7.45. The molecule has 0 saturated carbocycles. The van der Waals surface area contributed by atoms with Gasteiger partial charge in [0.15, 0.2) is 17.0 Å². The summed E-state index contributed by atoms with van der Waals surface area (Å²) in [5.74, 6) is 2.17. The van der Waals surface area contributed by atoms with Gasteiger partial charge in [-0.25, -0.2) is 10.4 Å². The fourth-order valence-electron chi connectivity index (χ4n) is 2.97. The minimum Gasteiger partial charge on any atom is -0.378 e. The van der Waals surface area contributed by atoms with Crippen molar-refractivity contribution in [2.24, 2.45) is 7.05 Å². The molecular weight excluding hydrogens is 320 g/mol. The van der Waals surface area contributed by atoms with Crippen LogP contribution in [0.15, 0.2) is 24.5 Å². The molecule has 0 amide bonds. The number of nitrogens with one attached hydrogen (secondary N) is 2. The van der Waals surface area contributed by atoms with Crippen molar-refractivity contribution in [1.82, 2.24) is 29.9 Å². The minimum absolute atomic E-state index is 0.515. The number of pyridine rings is 1. The molecule has 4 rings (SSSR count). The largest absolute Gasteiger partial charge is 0.378 e. The average molecular weight is 340 g/mol. The van der Waals surface area contributed by atoms with Gasteiger partial charge in [0.1, 0.15) is 5.82 Å². The zero-order chi connectivity index (χ0) is 17.2. The Labute approximate surface area is 145 Å². The monoisotopic (exact) mass is 340 g/mol. The molecule has 9 nitrogen and oxygen atoms in total. The highest BCUT2D eigenvalue weighted by molar-refractivity contribution is 5.88. The number of hydrogen-bond acceptors (Lipinski definition) is 8. The minimum atomic E-state index is 0.515. The second-order valence-electron chi connectivity index (χ2n) is 5.75. The molecule has 1 aliphatic rings. The number of anilines is 2. The number of rotatable bonds is 4. The Morgan fingerprint density at radius 2 is 1.84 bits per heavy atom. The number of fused-ring (bicyclic) bond motifs is 1. The zero-order valence-corrected chi connectivity index (χ0v) is 14.2. The fraction of sp³-hybridized carbons (Fsp3) is 0.375. The van der Waals surface area contributed by atoms with Gasteiger partial charge >= 0.3 is 0 Å². The van der Waals surface area contributed by atoms with Crippen molar-refractivity contribution in [1.29, 1.82) is 0 Å². The Balaban J connectivity index is 1.90. The van der Waals surface area contributed by atoms with Crippen LogP contribution < -0.4 is 15.8 Å². The zero-order valence-electron chi connectivity index (χ0n) is 14.2. The van der Waals surface area contributed by atoms with E-state index in [1.54, 1.807) is 19.4 Å². The smallest absolute Gasteiger partial charge is 0.241 e. The van der Waals surface area contributed by atoms with Gasteiger partial charge in [0, 0.05) is 45.1 Å². The third-order valence-electron chi connectivity index (χ3n) is 4.19. The van der Waals surface area contributed by atoms with Crippen molar-refractivity contribution < 1.29 is 4.74 Å². The van der Waals surface area contributed by atoms with Gasteiger partial charge in [0.05, 0.1) is 13.2 Å². The first-order valence-corrected chi connectivity index (χ1v) is 8.18. The lowest BCUT2D eigenvalue weighted by molar-refractivity contribution is 0.122. The van der Waals surface area contributed by atoms with Crippen LogP contribution in [0.1, 0.15) is 0 Å². The first-order chi connectivity index (χ1) is 12.3. The van der Waals surface area contributed by atoms with Gasteiger partial charge in [-0.15, -0.1) is 0 Å². The van der Waals surface area contributed by atoms with Crippen molar-refractivity contribution >= 4 is 22.9 Å². The molecule has 1 fully saturated rings. The second-order valence-corrected chi connectivity index (χ2v) is 5.75. The Bertz CT molecular complexity index is 873. The predicted molar refractivity (Wildman–Crippen MR) is 95.2 cm³/mol. The van der Waals surface area contributed by atoms with E-state index in [1.165, 1.54) is 0 Å². The van der Waals surface area contributed by atoms with E-state index in [-0.39, 0.29) is 0 Å². The number of ether oxygens (including phenoxy) is 1. The van der Waals surface area contributed by atoms with Crippen LogP contribution in [0.4, 0.5) is 11.8 Å². The SMILES string of the molecule is CNNc1nc(N2CCOCC2)c2nc(-c3ccncc3)n(C)c2n1. The maximum atomic E-state index is 5.46. The maximum Gasteiger partial charge on any atom is 0.241 e. The molecule has 130 valence electrons. The van der Waals surface area contributed by atoms with Gasteiger partial charge < -0.3 is 14.2 Å². The van der Waals surface area contributed by atoms with Crippen LogP contribution in [0.3, 0.4) is 0 Å². The lowest BCUT2D eigenvalue weighted by Gasteiger charge is -2.28. The Hall–Kier alpha value is -2.78. The van der Waals surface area contributed by atoms with Crippen LogP contribution in [0.2, 0.25) is 0 Å². The predicted octanol–water partition coefficient (Wildman–Crippen LogP) is 0.808. The summed E-state index contributed by atoms with van der Waals surface area (Å²) in [7, 11) is 3.75. The third-order valence-corrected chi connectivity index (χ3v) is 4.19. The molecule has 3 aromatic rings. The van der Waals surface area contributed by atoms with Crippen LogP contribution in [0.5, 0.6) is 0 Å². The molecule has 1 aliphatic heterocycles. The number of morpholine rings is 1. The molecule has 25 heavy (non-hydrogen) atoms. The number of aryl methyl sites for hydroxylation is 1. The molecule has 1 saturated heterocycles. The number of imidazole rings is 1. The molecule has 3 aromatic heterocycles. The van der Waals surface area contributed by atoms with E-state index in [4.69, 9.17) is 9.72 Å². The van der Waals surface area contributed by atoms with E-state index in [1.807, 2.05) is 23.7 Å². The normalized spacial score (nSPS) is 14.9. The number of nitrogens with zero attached hydrogens (tertiary/aromatic N) is 6. The van der Waals surface area contributed by atoms with Crippen molar-refractivity contribution in [3.63, 3.8) is 0 Å². The van der Waals surface area contributed by atoms with Crippen molar-refractivity contribution in [2.45, 2.75) is 0 Å². The van der Waals surface area contributed by atoms with Crippen LogP contribution >= 0.6 is 0 Å². The summed E-state index contributed by atoms with van der Waals surface area (Å²) >= 11 is 0. The Kier molecular flexibility index (Phi) is 4.16. The Morgan fingerprint density at radius 3 is 2.56 bits per heavy atom. The topological polar surface area (TPSA) is 93.0 Å². The van der Waals surface area contributed by atoms with Crippen LogP contribution in [0.25, 0.3) is 22.6 Å². The molecule has 0 aromatic carbocycles. The van der Waals surface area contributed by atoms with Crippen molar-refractivity contribution in [3.8, 4) is 11.4 Å². The molecule has 0 radical (unpaired) electrons. The molecule has 0 atom stereocenters. The molecule has 0 spiro atoms.